The Balaban J connectivity index is 1.48. The van der Waals surface area contributed by atoms with Crippen molar-refractivity contribution in [1.29, 1.82) is 0 Å². The van der Waals surface area contributed by atoms with Crippen LogP contribution in [0.15, 0.2) is 29.2 Å². The van der Waals surface area contributed by atoms with Crippen molar-refractivity contribution in [3.05, 3.63) is 41.2 Å². The van der Waals surface area contributed by atoms with E-state index in [1.165, 1.54) is 0 Å². The van der Waals surface area contributed by atoms with Crippen molar-refractivity contribution in [2.75, 3.05) is 5.88 Å². The van der Waals surface area contributed by atoms with Gasteiger partial charge in [-0.15, -0.1) is 0 Å². The standard InChI is InChI=1S/C20H27N3O3S/c1-13-6-4-5-7-19(13)26-18-10-16-8-9-17(11-18)23(16)12-27(24,25)20-14(2)21-22-15(20)3/h4-7,16-18H,8-12H2,1-3H3,(H,21,22)/t16-,17+,18?. The first-order valence-electron chi connectivity index (χ1n) is 9.57. The predicted octanol–water partition coefficient (Wildman–Crippen LogP) is 3.14. The molecular formula is C20H27N3O3S. The highest BCUT2D eigenvalue weighted by atomic mass is 32.2. The van der Waals surface area contributed by atoms with E-state index in [0.717, 1.165) is 37.0 Å². The van der Waals surface area contributed by atoms with Crippen LogP contribution in [0.1, 0.15) is 42.6 Å². The van der Waals surface area contributed by atoms with Crippen LogP contribution in [0.25, 0.3) is 0 Å². The number of H-pyrrole nitrogens is 1. The number of fused-ring (bicyclic) bond motifs is 2. The van der Waals surface area contributed by atoms with Gasteiger partial charge in [0.05, 0.1) is 11.4 Å². The third kappa shape index (κ3) is 3.50. The second-order valence-electron chi connectivity index (χ2n) is 7.88. The fourth-order valence-electron chi connectivity index (χ4n) is 4.66. The lowest BCUT2D eigenvalue weighted by Gasteiger charge is -2.38. The number of rotatable bonds is 5. The Labute approximate surface area is 160 Å². The normalized spacial score (nSPS) is 25.7. The molecule has 0 radical (unpaired) electrons. The van der Waals surface area contributed by atoms with Crippen molar-refractivity contribution >= 4 is 9.84 Å². The van der Waals surface area contributed by atoms with E-state index in [2.05, 4.69) is 28.1 Å². The molecule has 0 aliphatic carbocycles. The van der Waals surface area contributed by atoms with Gasteiger partial charge in [0.15, 0.2) is 9.84 Å². The van der Waals surface area contributed by atoms with Gasteiger partial charge in [-0.05, 0) is 58.1 Å². The number of aromatic amines is 1. The summed E-state index contributed by atoms with van der Waals surface area (Å²) in [7, 11) is -3.40. The molecule has 4 rings (SSSR count). The largest absolute Gasteiger partial charge is 0.490 e. The lowest BCUT2D eigenvalue weighted by atomic mass is 10.0. The van der Waals surface area contributed by atoms with Crippen LogP contribution >= 0.6 is 0 Å². The van der Waals surface area contributed by atoms with Crippen molar-refractivity contribution in [3.8, 4) is 5.75 Å². The van der Waals surface area contributed by atoms with Gasteiger partial charge in [-0.1, -0.05) is 18.2 Å². The van der Waals surface area contributed by atoms with Crippen LogP contribution < -0.4 is 4.74 Å². The summed E-state index contributed by atoms with van der Waals surface area (Å²) in [5.41, 5.74) is 2.32. The summed E-state index contributed by atoms with van der Waals surface area (Å²) < 4.78 is 32.3. The summed E-state index contributed by atoms with van der Waals surface area (Å²) in [6.45, 7) is 5.57. The third-order valence-electron chi connectivity index (χ3n) is 5.92. The molecule has 7 heteroatoms. The number of sulfone groups is 1. The number of ether oxygens (including phenoxy) is 1. The first kappa shape index (κ1) is 18.5. The van der Waals surface area contributed by atoms with Crippen LogP contribution in [0, 0.1) is 20.8 Å². The molecule has 1 aromatic carbocycles. The highest BCUT2D eigenvalue weighted by Crippen LogP contribution is 2.38. The number of aryl methyl sites for hydroxylation is 3. The highest BCUT2D eigenvalue weighted by Gasteiger charge is 2.44. The molecule has 0 saturated carbocycles. The molecule has 0 spiro atoms. The fourth-order valence-corrected chi connectivity index (χ4v) is 6.61. The van der Waals surface area contributed by atoms with Gasteiger partial charge in [0.25, 0.3) is 0 Å². The Morgan fingerprint density at radius 3 is 2.41 bits per heavy atom. The Bertz CT molecular complexity index is 904. The molecular weight excluding hydrogens is 362 g/mol. The second-order valence-corrected chi connectivity index (χ2v) is 9.78. The van der Waals surface area contributed by atoms with E-state index in [1.54, 1.807) is 13.8 Å². The highest BCUT2D eigenvalue weighted by molar-refractivity contribution is 7.91. The monoisotopic (exact) mass is 389 g/mol. The van der Waals surface area contributed by atoms with E-state index in [4.69, 9.17) is 4.74 Å². The Morgan fingerprint density at radius 1 is 1.15 bits per heavy atom. The van der Waals surface area contributed by atoms with Gasteiger partial charge in [-0.2, -0.15) is 5.10 Å². The van der Waals surface area contributed by atoms with E-state index < -0.39 is 9.84 Å². The van der Waals surface area contributed by atoms with Crippen molar-refractivity contribution in [2.24, 2.45) is 0 Å². The molecule has 1 aromatic heterocycles. The van der Waals surface area contributed by atoms with Crippen LogP contribution in [0.2, 0.25) is 0 Å². The summed E-state index contributed by atoms with van der Waals surface area (Å²) in [5, 5.41) is 6.84. The summed E-state index contributed by atoms with van der Waals surface area (Å²) in [5.74, 6) is 1.01. The van der Waals surface area contributed by atoms with Crippen LogP contribution in [0.3, 0.4) is 0 Å². The van der Waals surface area contributed by atoms with E-state index in [1.807, 2.05) is 18.2 Å². The summed E-state index contributed by atoms with van der Waals surface area (Å²) in [6, 6.07) is 8.60. The number of nitrogens with one attached hydrogen (secondary N) is 1. The van der Waals surface area contributed by atoms with Crippen molar-refractivity contribution in [3.63, 3.8) is 0 Å². The van der Waals surface area contributed by atoms with E-state index in [-0.39, 0.29) is 24.1 Å². The Kier molecular flexibility index (Phi) is 4.76. The maximum atomic E-state index is 13.0. The zero-order chi connectivity index (χ0) is 19.2. The van der Waals surface area contributed by atoms with Crippen LogP contribution in [0.5, 0.6) is 5.75 Å². The molecule has 2 aliphatic heterocycles. The summed E-state index contributed by atoms with van der Waals surface area (Å²) in [6.07, 6.45) is 3.99. The van der Waals surface area contributed by atoms with E-state index in [0.29, 0.717) is 16.3 Å². The Morgan fingerprint density at radius 2 is 1.81 bits per heavy atom. The second kappa shape index (κ2) is 6.95. The smallest absolute Gasteiger partial charge is 0.195 e. The minimum atomic E-state index is -3.40. The minimum Gasteiger partial charge on any atom is -0.490 e. The molecule has 2 fully saturated rings. The number of para-hydroxylation sites is 1. The molecule has 146 valence electrons. The Hall–Kier alpha value is -1.86. The SMILES string of the molecule is Cc1ccccc1OC1C[C@H]2CC[C@@H](C1)N2CS(=O)(=O)c1c(C)n[nH]c1C. The van der Waals surface area contributed by atoms with Gasteiger partial charge in [-0.25, -0.2) is 8.42 Å². The van der Waals surface area contributed by atoms with Crippen LogP contribution in [0.4, 0.5) is 0 Å². The third-order valence-corrected chi connectivity index (χ3v) is 7.78. The van der Waals surface area contributed by atoms with E-state index in [9.17, 15) is 8.42 Å². The van der Waals surface area contributed by atoms with Crippen LogP contribution in [-0.4, -0.2) is 47.6 Å². The average molecular weight is 390 g/mol. The lowest BCUT2D eigenvalue weighted by Crippen LogP contribution is -2.48. The molecule has 2 bridgehead atoms. The van der Waals surface area contributed by atoms with Gasteiger partial charge in [0.1, 0.15) is 22.6 Å². The van der Waals surface area contributed by atoms with E-state index >= 15 is 0 Å². The molecule has 6 nitrogen and oxygen atoms in total. The molecule has 0 amide bonds. The first-order chi connectivity index (χ1) is 12.8. The topological polar surface area (TPSA) is 75.3 Å². The number of hydrogen-bond donors (Lipinski definition) is 1. The lowest BCUT2D eigenvalue weighted by molar-refractivity contribution is 0.0605. The number of piperidine rings is 1. The molecule has 1 unspecified atom stereocenters. The molecule has 1 N–H and O–H groups in total. The molecule has 27 heavy (non-hydrogen) atoms. The quantitative estimate of drug-likeness (QED) is 0.850. The maximum absolute atomic E-state index is 13.0. The van der Waals surface area contributed by atoms with Gasteiger partial charge in [0, 0.05) is 12.1 Å². The van der Waals surface area contributed by atoms with Gasteiger partial charge >= 0.3 is 0 Å². The molecule has 2 saturated heterocycles. The molecule has 2 aromatic rings. The molecule has 3 atom stereocenters. The fraction of sp³-hybridized carbons (Fsp3) is 0.550. The predicted molar refractivity (Wildman–Crippen MR) is 104 cm³/mol. The molecule has 2 aliphatic rings. The minimum absolute atomic E-state index is 0.0701. The van der Waals surface area contributed by atoms with Gasteiger partial charge in [0.2, 0.25) is 0 Å². The number of hydrogen-bond acceptors (Lipinski definition) is 5. The molecule has 3 heterocycles. The number of aromatic nitrogens is 2. The van der Waals surface area contributed by atoms with Gasteiger partial charge in [-0.3, -0.25) is 10.00 Å². The number of benzene rings is 1. The van der Waals surface area contributed by atoms with Crippen molar-refractivity contribution in [2.45, 2.75) is 69.5 Å². The zero-order valence-corrected chi connectivity index (χ0v) is 16.9. The van der Waals surface area contributed by atoms with Crippen LogP contribution in [-0.2, 0) is 9.84 Å². The summed E-state index contributed by atoms with van der Waals surface area (Å²) >= 11 is 0. The van der Waals surface area contributed by atoms with Crippen molar-refractivity contribution in [1.82, 2.24) is 15.1 Å². The zero-order valence-electron chi connectivity index (χ0n) is 16.1. The number of nitrogens with zero attached hydrogens (tertiary/aromatic N) is 2. The first-order valence-corrected chi connectivity index (χ1v) is 11.2. The van der Waals surface area contributed by atoms with Gasteiger partial charge < -0.3 is 4.74 Å². The van der Waals surface area contributed by atoms with Crippen molar-refractivity contribution < 1.29 is 13.2 Å². The summed E-state index contributed by atoms with van der Waals surface area (Å²) in [4.78, 5) is 2.54. The maximum Gasteiger partial charge on any atom is 0.195 e. The average Bonchev–Trinajstić information content (AvgIpc) is 3.05.